The third-order valence-electron chi connectivity index (χ3n) is 6.93. The first-order chi connectivity index (χ1) is 16.8. The zero-order chi connectivity index (χ0) is 24.7. The number of pyridine rings is 2. The summed E-state index contributed by atoms with van der Waals surface area (Å²) in [6.07, 6.45) is 2.76. The normalized spacial score (nSPS) is 23.9. The first-order valence-electron chi connectivity index (χ1n) is 11.4. The molecule has 1 aliphatic heterocycles. The van der Waals surface area contributed by atoms with E-state index in [9.17, 15) is 18.8 Å². The summed E-state index contributed by atoms with van der Waals surface area (Å²) in [5.41, 5.74) is 1.15. The molecular weight excluding hydrogens is 456 g/mol. The molecule has 8 nitrogen and oxygen atoms in total. The Morgan fingerprint density at radius 1 is 1.37 bits per heavy atom. The highest BCUT2D eigenvalue weighted by atomic mass is 19.3. The summed E-state index contributed by atoms with van der Waals surface area (Å²) in [7, 11) is 1.53. The molecule has 2 fully saturated rings. The predicted molar refractivity (Wildman–Crippen MR) is 124 cm³/mol. The summed E-state index contributed by atoms with van der Waals surface area (Å²) in [6.45, 7) is 2.08. The number of nitrogens with one attached hydrogen (secondary N) is 1. The number of carbonyl (C=O) groups excluding carboxylic acids is 1. The largest absolute Gasteiger partial charge is 0.378 e. The number of halogens is 2. The predicted octanol–water partition coefficient (Wildman–Crippen LogP) is 4.73. The van der Waals surface area contributed by atoms with Gasteiger partial charge in [0, 0.05) is 55.8 Å². The summed E-state index contributed by atoms with van der Waals surface area (Å²) in [5, 5.41) is 12.6. The minimum Gasteiger partial charge on any atom is -0.378 e. The van der Waals surface area contributed by atoms with E-state index in [2.05, 4.69) is 16.4 Å². The Kier molecular flexibility index (Phi) is 5.99. The molecule has 0 spiro atoms. The van der Waals surface area contributed by atoms with E-state index in [-0.39, 0.29) is 30.0 Å². The number of nitriles is 1. The third-order valence-corrected chi connectivity index (χ3v) is 6.93. The molecule has 0 unspecified atom stereocenters. The first kappa shape index (κ1) is 23.3. The van der Waals surface area contributed by atoms with Gasteiger partial charge in [0.25, 0.3) is 6.43 Å². The van der Waals surface area contributed by atoms with Gasteiger partial charge in [-0.2, -0.15) is 5.26 Å². The number of methoxy groups -OCH3 is 1. The average Bonchev–Trinajstić information content (AvgIpc) is 3.44. The van der Waals surface area contributed by atoms with Crippen LogP contribution in [0.25, 0.3) is 22.2 Å². The Bertz CT molecular complexity index is 1320. The molecule has 4 heterocycles. The van der Waals surface area contributed by atoms with E-state index in [0.29, 0.717) is 48.6 Å². The van der Waals surface area contributed by atoms with Gasteiger partial charge in [0.05, 0.1) is 41.7 Å². The molecule has 3 aromatic heterocycles. The maximum absolute atomic E-state index is 14.0. The Morgan fingerprint density at radius 2 is 2.17 bits per heavy atom. The van der Waals surface area contributed by atoms with Crippen molar-refractivity contribution >= 4 is 22.6 Å². The minimum absolute atomic E-state index is 0.0108. The van der Waals surface area contributed by atoms with Gasteiger partial charge in [0.2, 0.25) is 5.91 Å². The van der Waals surface area contributed by atoms with Crippen LogP contribution in [0.4, 0.5) is 14.6 Å². The topological polar surface area (TPSA) is 102 Å². The van der Waals surface area contributed by atoms with Crippen LogP contribution in [-0.4, -0.2) is 40.8 Å². The minimum atomic E-state index is -2.69. The molecule has 2 aliphatic rings. The van der Waals surface area contributed by atoms with E-state index < -0.39 is 12.0 Å². The van der Waals surface area contributed by atoms with Crippen LogP contribution in [0.3, 0.4) is 0 Å². The van der Waals surface area contributed by atoms with Gasteiger partial charge in [-0.3, -0.25) is 4.79 Å². The molecule has 1 atom stereocenters. The average molecular weight is 482 g/mol. The molecule has 1 saturated carbocycles. The van der Waals surface area contributed by atoms with Crippen LogP contribution in [-0.2, 0) is 19.9 Å². The van der Waals surface area contributed by atoms with Crippen molar-refractivity contribution in [3.8, 4) is 17.3 Å². The lowest BCUT2D eigenvalue weighted by molar-refractivity contribution is -0.114. The monoisotopic (exact) mass is 481 g/mol. The van der Waals surface area contributed by atoms with Crippen LogP contribution in [0.2, 0.25) is 0 Å². The van der Waals surface area contributed by atoms with Crippen molar-refractivity contribution < 1.29 is 23.0 Å². The molecule has 0 aromatic carbocycles. The maximum atomic E-state index is 14.0. The lowest BCUT2D eigenvalue weighted by Crippen LogP contribution is -2.30. The zero-order valence-corrected chi connectivity index (χ0v) is 19.4. The van der Waals surface area contributed by atoms with Gasteiger partial charge in [-0.15, -0.1) is 0 Å². The van der Waals surface area contributed by atoms with Crippen molar-refractivity contribution in [3.63, 3.8) is 0 Å². The molecule has 1 saturated heterocycles. The summed E-state index contributed by atoms with van der Waals surface area (Å²) < 4.78 is 41.2. The van der Waals surface area contributed by atoms with Crippen LogP contribution < -0.4 is 5.32 Å². The Hall–Kier alpha value is -3.42. The lowest BCUT2D eigenvalue weighted by atomic mass is 9.81. The number of alkyl halides is 2. The van der Waals surface area contributed by atoms with Crippen molar-refractivity contribution in [3.05, 3.63) is 41.9 Å². The van der Waals surface area contributed by atoms with E-state index in [4.69, 9.17) is 14.5 Å². The highest BCUT2D eigenvalue weighted by molar-refractivity contribution is 5.98. The lowest BCUT2D eigenvalue weighted by Gasteiger charge is -2.32. The molecule has 10 heteroatoms. The second kappa shape index (κ2) is 8.98. The molecule has 182 valence electrons. The van der Waals surface area contributed by atoms with E-state index in [1.807, 2.05) is 10.8 Å². The number of nitrogens with zero attached hydrogens (tertiary/aromatic N) is 4. The van der Waals surface area contributed by atoms with Crippen molar-refractivity contribution in [1.29, 1.82) is 5.26 Å². The number of rotatable bonds is 6. The number of fused-ring (bicyclic) bond motifs is 1. The fraction of sp³-hybridized carbons (Fsp3) is 0.440. The van der Waals surface area contributed by atoms with Crippen molar-refractivity contribution in [1.82, 2.24) is 14.5 Å². The zero-order valence-electron chi connectivity index (χ0n) is 19.4. The quantitative estimate of drug-likeness (QED) is 0.546. The Balaban J connectivity index is 1.69. The van der Waals surface area contributed by atoms with Crippen LogP contribution in [0.15, 0.2) is 30.6 Å². The molecule has 35 heavy (non-hydrogen) atoms. The number of ether oxygens (including phenoxy) is 2. The van der Waals surface area contributed by atoms with Gasteiger partial charge in [0.15, 0.2) is 0 Å². The van der Waals surface area contributed by atoms with Crippen LogP contribution in [0.5, 0.6) is 0 Å². The van der Waals surface area contributed by atoms with Crippen molar-refractivity contribution in [2.45, 2.75) is 44.3 Å². The second-order valence-electron chi connectivity index (χ2n) is 9.14. The summed E-state index contributed by atoms with van der Waals surface area (Å²) >= 11 is 0. The van der Waals surface area contributed by atoms with E-state index >= 15 is 0 Å². The fourth-order valence-corrected chi connectivity index (χ4v) is 4.89. The number of amides is 1. The number of hydrogen-bond acceptors (Lipinski definition) is 6. The summed E-state index contributed by atoms with van der Waals surface area (Å²) in [6, 6.07) is 6.89. The molecule has 0 radical (unpaired) electrons. The molecule has 1 amide bonds. The standard InChI is InChI=1S/C25H25F2N5O3/c1-14(33)30-23-9-18-19(12-32(21(18)11-29-23)17-5-15(6-17)10-28)20-7-16(24(26)27)8-22(31-20)25(34-2)3-4-35-13-25/h7-9,11-12,15,17,24H,3-6,13H2,1-2H3,(H,29,30,33)/t15-,17-,25-/m0/s1. The number of aromatic nitrogens is 3. The highest BCUT2D eigenvalue weighted by Crippen LogP contribution is 2.43. The fourth-order valence-electron chi connectivity index (χ4n) is 4.89. The number of anilines is 1. The van der Waals surface area contributed by atoms with Crippen LogP contribution >= 0.6 is 0 Å². The van der Waals surface area contributed by atoms with Crippen molar-refractivity contribution in [2.75, 3.05) is 25.6 Å². The Labute approximate surface area is 200 Å². The van der Waals surface area contributed by atoms with E-state index in [1.165, 1.54) is 26.2 Å². The maximum Gasteiger partial charge on any atom is 0.263 e. The SMILES string of the molecule is CO[C@@]1(c2cc(C(F)F)cc(-c3cn([C@H]4C[C@H](C#N)C4)c4cnc(NC(C)=O)cc34)n2)CCOC1. The first-order valence-corrected chi connectivity index (χ1v) is 11.4. The van der Waals surface area contributed by atoms with Gasteiger partial charge in [-0.1, -0.05) is 0 Å². The van der Waals surface area contributed by atoms with Crippen molar-refractivity contribution in [2.24, 2.45) is 5.92 Å². The number of hydrogen-bond donors (Lipinski definition) is 1. The highest BCUT2D eigenvalue weighted by Gasteiger charge is 2.39. The van der Waals surface area contributed by atoms with Gasteiger partial charge in [-0.05, 0) is 31.0 Å². The molecule has 0 bridgehead atoms. The third kappa shape index (κ3) is 4.15. The molecule has 5 rings (SSSR count). The molecule has 3 aromatic rings. The van der Waals surface area contributed by atoms with E-state index in [1.54, 1.807) is 12.3 Å². The van der Waals surface area contributed by atoms with Gasteiger partial charge < -0.3 is 19.4 Å². The van der Waals surface area contributed by atoms with Crippen LogP contribution in [0, 0.1) is 17.2 Å². The van der Waals surface area contributed by atoms with Gasteiger partial charge >= 0.3 is 0 Å². The Morgan fingerprint density at radius 3 is 2.80 bits per heavy atom. The molecule has 1 aliphatic carbocycles. The number of carbonyl (C=O) groups is 1. The van der Waals surface area contributed by atoms with Gasteiger partial charge in [0.1, 0.15) is 11.4 Å². The van der Waals surface area contributed by atoms with Crippen LogP contribution in [0.1, 0.15) is 49.9 Å². The molecule has 1 N–H and O–H groups in total. The second-order valence-corrected chi connectivity index (χ2v) is 9.14. The summed E-state index contributed by atoms with van der Waals surface area (Å²) in [4.78, 5) is 20.8. The van der Waals surface area contributed by atoms with Gasteiger partial charge in [-0.25, -0.2) is 18.7 Å². The molecular formula is C25H25F2N5O3. The van der Waals surface area contributed by atoms with E-state index in [0.717, 1.165) is 10.9 Å². The summed E-state index contributed by atoms with van der Waals surface area (Å²) in [5.74, 6) is 0.0794. The smallest absolute Gasteiger partial charge is 0.263 e.